The number of nitrogens with one attached hydrogen (secondary N) is 2. The second-order valence-electron chi connectivity index (χ2n) is 3.91. The van der Waals surface area contributed by atoms with E-state index in [1.165, 1.54) is 0 Å². The van der Waals surface area contributed by atoms with E-state index >= 15 is 0 Å². The minimum absolute atomic E-state index is 0.330. The number of rotatable bonds is 4. The molecule has 0 bridgehead atoms. The lowest BCUT2D eigenvalue weighted by Crippen LogP contribution is -2.20. The molecule has 0 unspecified atom stereocenters. The molecule has 0 saturated heterocycles. The third kappa shape index (κ3) is 3.29. The minimum atomic E-state index is -4.89. The number of pyridine rings is 1. The number of aryl methyl sites for hydroxylation is 1. The van der Waals surface area contributed by atoms with E-state index in [1.807, 2.05) is 4.72 Å². The molecule has 2 aromatic heterocycles. The number of anilines is 1. The highest BCUT2D eigenvalue weighted by atomic mass is 32.2. The van der Waals surface area contributed by atoms with Crippen molar-refractivity contribution < 1.29 is 21.6 Å². The van der Waals surface area contributed by atoms with Gasteiger partial charge in [-0.05, 0) is 12.1 Å². The Morgan fingerprint density at radius 1 is 1.38 bits per heavy atom. The summed E-state index contributed by atoms with van der Waals surface area (Å²) in [6, 6.07) is 1.91. The average molecular weight is 321 g/mol. The summed E-state index contributed by atoms with van der Waals surface area (Å²) in [6.45, 7) is 1.75. The topological polar surface area (TPSA) is 101 Å². The summed E-state index contributed by atoms with van der Waals surface area (Å²) in [5, 5.41) is 6.01. The van der Waals surface area contributed by atoms with Gasteiger partial charge in [0.2, 0.25) is 0 Å². The summed E-state index contributed by atoms with van der Waals surface area (Å²) in [4.78, 5) is 5.87. The van der Waals surface area contributed by atoms with E-state index in [1.54, 1.807) is 6.92 Å². The lowest BCUT2D eigenvalue weighted by atomic mass is 10.3. The monoisotopic (exact) mass is 321 g/mol. The number of sulfonamides is 1. The smallest absolute Gasteiger partial charge is 0.261 e. The molecule has 114 valence electrons. The second-order valence-corrected chi connectivity index (χ2v) is 5.56. The molecule has 2 rings (SSSR count). The van der Waals surface area contributed by atoms with Crippen molar-refractivity contribution in [2.24, 2.45) is 0 Å². The van der Waals surface area contributed by atoms with E-state index in [2.05, 4.69) is 20.2 Å². The Kier molecular flexibility index (Phi) is 3.85. The van der Waals surface area contributed by atoms with Gasteiger partial charge in [-0.1, -0.05) is 6.92 Å². The Hall–Kier alpha value is -2.17. The molecule has 0 fully saturated rings. The molecule has 2 heterocycles. The Bertz CT molecular complexity index is 741. The van der Waals surface area contributed by atoms with Crippen LogP contribution in [0.5, 0.6) is 0 Å². The maximum Gasteiger partial charge on any atom is 0.434 e. The van der Waals surface area contributed by atoms with Crippen molar-refractivity contribution in [3.8, 4) is 0 Å². The van der Waals surface area contributed by atoms with Crippen LogP contribution in [-0.4, -0.2) is 28.6 Å². The Morgan fingerprint density at radius 3 is 2.67 bits per heavy atom. The van der Waals surface area contributed by atoms with Gasteiger partial charge < -0.3 is 0 Å². The van der Waals surface area contributed by atoms with Crippen molar-refractivity contribution in [2.45, 2.75) is 24.4 Å². The Balaban J connectivity index is 2.40. The third-order valence-electron chi connectivity index (χ3n) is 2.42. The van der Waals surface area contributed by atoms with E-state index in [4.69, 9.17) is 0 Å². The molecule has 0 amide bonds. The highest BCUT2D eigenvalue weighted by Gasteiger charge is 2.39. The molecule has 0 saturated carbocycles. The number of alkyl halides is 3. The molecule has 7 nitrogen and oxygen atoms in total. The standard InChI is InChI=1S/C10H10F3N5O2S/c1-2-7-15-9(17-16-7)18-21(19,20)6-4-3-5-14-8(6)10(11,12)13/h3-5H,2H2,1H3,(H2,15,16,17,18). The number of H-pyrrole nitrogens is 1. The van der Waals surface area contributed by atoms with Gasteiger partial charge in [0.1, 0.15) is 10.7 Å². The molecule has 0 aliphatic carbocycles. The molecule has 21 heavy (non-hydrogen) atoms. The fourth-order valence-corrected chi connectivity index (χ4v) is 2.62. The van der Waals surface area contributed by atoms with Gasteiger partial charge >= 0.3 is 6.18 Å². The Morgan fingerprint density at radius 2 is 2.10 bits per heavy atom. The van der Waals surface area contributed by atoms with Crippen LogP contribution in [0.1, 0.15) is 18.4 Å². The number of hydrogen-bond donors (Lipinski definition) is 2. The van der Waals surface area contributed by atoms with Crippen molar-refractivity contribution in [3.05, 3.63) is 29.8 Å². The number of nitrogens with zero attached hydrogens (tertiary/aromatic N) is 3. The first-order valence-electron chi connectivity index (χ1n) is 5.70. The molecule has 11 heteroatoms. The lowest BCUT2D eigenvalue weighted by Gasteiger charge is -2.11. The van der Waals surface area contributed by atoms with Crippen molar-refractivity contribution in [3.63, 3.8) is 0 Å². The van der Waals surface area contributed by atoms with Gasteiger partial charge in [-0.15, -0.1) is 5.10 Å². The van der Waals surface area contributed by atoms with Crippen molar-refractivity contribution in [1.82, 2.24) is 20.2 Å². The molecule has 0 aliphatic rings. The highest BCUT2D eigenvalue weighted by molar-refractivity contribution is 7.92. The van der Waals surface area contributed by atoms with Crippen LogP contribution in [0, 0.1) is 0 Å². The first-order valence-corrected chi connectivity index (χ1v) is 7.18. The predicted molar refractivity (Wildman–Crippen MR) is 65.8 cm³/mol. The third-order valence-corrected chi connectivity index (χ3v) is 3.78. The lowest BCUT2D eigenvalue weighted by molar-refractivity contribution is -0.143. The predicted octanol–water partition coefficient (Wildman–Crippen LogP) is 1.58. The molecule has 2 N–H and O–H groups in total. The maximum atomic E-state index is 12.8. The average Bonchev–Trinajstić information content (AvgIpc) is 2.85. The largest absolute Gasteiger partial charge is 0.434 e. The van der Waals surface area contributed by atoms with Gasteiger partial charge in [-0.25, -0.2) is 13.1 Å². The van der Waals surface area contributed by atoms with Crippen molar-refractivity contribution in [2.75, 3.05) is 4.72 Å². The zero-order valence-corrected chi connectivity index (χ0v) is 11.5. The fraction of sp³-hybridized carbons (Fsp3) is 0.300. The first-order chi connectivity index (χ1) is 9.74. The number of hydrogen-bond acceptors (Lipinski definition) is 5. The van der Waals surface area contributed by atoms with E-state index < -0.39 is 26.8 Å². The molecule has 2 aromatic rings. The van der Waals surface area contributed by atoms with E-state index in [0.717, 1.165) is 18.3 Å². The van der Waals surface area contributed by atoms with Gasteiger partial charge in [0.05, 0.1) is 0 Å². The van der Waals surface area contributed by atoms with Gasteiger partial charge in [-0.3, -0.25) is 10.1 Å². The van der Waals surface area contributed by atoms with Crippen LogP contribution in [0.3, 0.4) is 0 Å². The molecule has 0 aliphatic heterocycles. The summed E-state index contributed by atoms with van der Waals surface area (Å²) >= 11 is 0. The van der Waals surface area contributed by atoms with E-state index in [0.29, 0.717) is 12.2 Å². The zero-order chi connectivity index (χ0) is 15.7. The van der Waals surface area contributed by atoms with Crippen LogP contribution in [0.15, 0.2) is 23.2 Å². The Labute approximate surface area is 117 Å². The molecular weight excluding hydrogens is 311 g/mol. The second kappa shape index (κ2) is 5.31. The molecule has 0 atom stereocenters. The summed E-state index contributed by atoms with van der Waals surface area (Å²) < 4.78 is 64.3. The summed E-state index contributed by atoms with van der Waals surface area (Å²) in [5.74, 6) is 0.0683. The SMILES string of the molecule is CCc1nc(NS(=O)(=O)c2cccnc2C(F)(F)F)n[nH]1. The van der Waals surface area contributed by atoms with Crippen LogP contribution < -0.4 is 4.72 Å². The number of aromatic amines is 1. The first kappa shape index (κ1) is 15.2. The van der Waals surface area contributed by atoms with Crippen LogP contribution in [0.4, 0.5) is 19.1 Å². The van der Waals surface area contributed by atoms with Gasteiger partial charge in [0.15, 0.2) is 5.69 Å². The molecular formula is C10H10F3N5O2S. The van der Waals surface area contributed by atoms with Gasteiger partial charge in [0, 0.05) is 12.6 Å². The fourth-order valence-electron chi connectivity index (χ4n) is 1.49. The number of halogens is 3. The highest BCUT2D eigenvalue weighted by Crippen LogP contribution is 2.32. The van der Waals surface area contributed by atoms with Gasteiger partial charge in [-0.2, -0.15) is 18.2 Å². The van der Waals surface area contributed by atoms with Crippen molar-refractivity contribution >= 4 is 16.0 Å². The molecule has 0 aromatic carbocycles. The van der Waals surface area contributed by atoms with Crippen LogP contribution in [0.2, 0.25) is 0 Å². The zero-order valence-electron chi connectivity index (χ0n) is 10.6. The van der Waals surface area contributed by atoms with Crippen LogP contribution in [0.25, 0.3) is 0 Å². The van der Waals surface area contributed by atoms with E-state index in [-0.39, 0.29) is 5.95 Å². The molecule has 0 spiro atoms. The van der Waals surface area contributed by atoms with Crippen LogP contribution in [-0.2, 0) is 22.6 Å². The summed E-state index contributed by atoms with van der Waals surface area (Å²) in [7, 11) is -4.50. The summed E-state index contributed by atoms with van der Waals surface area (Å²) in [5.41, 5.74) is -1.50. The summed E-state index contributed by atoms with van der Waals surface area (Å²) in [6.07, 6.45) is -3.56. The number of aromatic nitrogens is 4. The van der Waals surface area contributed by atoms with E-state index in [9.17, 15) is 21.6 Å². The quantitative estimate of drug-likeness (QED) is 0.890. The minimum Gasteiger partial charge on any atom is -0.261 e. The van der Waals surface area contributed by atoms with Gasteiger partial charge in [0.25, 0.3) is 16.0 Å². The van der Waals surface area contributed by atoms with Crippen molar-refractivity contribution in [1.29, 1.82) is 0 Å². The normalized spacial score (nSPS) is 12.4. The molecule has 0 radical (unpaired) electrons. The van der Waals surface area contributed by atoms with Crippen LogP contribution >= 0.6 is 0 Å². The maximum absolute atomic E-state index is 12.8.